The topological polar surface area (TPSA) is 49.9 Å². The summed E-state index contributed by atoms with van der Waals surface area (Å²) in [6.45, 7) is 2.37. The highest BCUT2D eigenvalue weighted by molar-refractivity contribution is 6.02. The average Bonchev–Trinajstić information content (AvgIpc) is 3.04. The van der Waals surface area contributed by atoms with E-state index in [1.807, 2.05) is 4.90 Å². The average molecular weight is 300 g/mol. The van der Waals surface area contributed by atoms with Gasteiger partial charge in [0.15, 0.2) is 6.23 Å². The highest BCUT2D eigenvalue weighted by atomic mass is 16.5. The molecule has 3 aliphatic heterocycles. The fourth-order valence-corrected chi connectivity index (χ4v) is 3.60. The third kappa shape index (κ3) is 2.16. The summed E-state index contributed by atoms with van der Waals surface area (Å²) in [6, 6.07) is 5.27. The van der Waals surface area contributed by atoms with Gasteiger partial charge in [-0.25, -0.2) is 0 Å². The van der Waals surface area contributed by atoms with E-state index in [2.05, 4.69) is 0 Å². The highest BCUT2D eigenvalue weighted by Gasteiger charge is 2.37. The van der Waals surface area contributed by atoms with Gasteiger partial charge in [-0.15, -0.1) is 0 Å². The van der Waals surface area contributed by atoms with Crippen molar-refractivity contribution in [3.63, 3.8) is 0 Å². The van der Waals surface area contributed by atoms with Crippen LogP contribution in [0.15, 0.2) is 18.2 Å². The van der Waals surface area contributed by atoms with E-state index in [-0.39, 0.29) is 18.0 Å². The first-order valence-electron chi connectivity index (χ1n) is 8.15. The Labute approximate surface area is 129 Å². The van der Waals surface area contributed by atoms with Gasteiger partial charge in [0.25, 0.3) is 11.8 Å². The quantitative estimate of drug-likeness (QED) is 0.799. The second kappa shape index (κ2) is 5.30. The fourth-order valence-electron chi connectivity index (χ4n) is 3.60. The van der Waals surface area contributed by atoms with Crippen LogP contribution in [0, 0.1) is 0 Å². The van der Waals surface area contributed by atoms with E-state index in [4.69, 9.17) is 4.74 Å². The van der Waals surface area contributed by atoms with E-state index in [0.29, 0.717) is 16.9 Å². The first kappa shape index (κ1) is 13.6. The second-order valence-electron chi connectivity index (χ2n) is 6.28. The smallest absolute Gasteiger partial charge is 0.260 e. The molecular formula is C17H20N2O3. The lowest BCUT2D eigenvalue weighted by atomic mass is 10.0. The maximum absolute atomic E-state index is 12.6. The maximum atomic E-state index is 12.6. The van der Waals surface area contributed by atoms with Gasteiger partial charge in [-0.3, -0.25) is 9.59 Å². The van der Waals surface area contributed by atoms with Crippen molar-refractivity contribution in [1.82, 2.24) is 9.80 Å². The minimum absolute atomic E-state index is 0.00274. The van der Waals surface area contributed by atoms with Crippen LogP contribution in [-0.2, 0) is 0 Å². The number of fused-ring (bicyclic) bond motifs is 2. The molecule has 3 aliphatic rings. The number of rotatable bonds is 1. The Morgan fingerprint density at radius 1 is 1.09 bits per heavy atom. The van der Waals surface area contributed by atoms with Crippen LogP contribution in [0.5, 0.6) is 5.75 Å². The van der Waals surface area contributed by atoms with Gasteiger partial charge in [0.2, 0.25) is 0 Å². The Kier molecular flexibility index (Phi) is 3.28. The lowest BCUT2D eigenvalue weighted by Crippen LogP contribution is -2.43. The van der Waals surface area contributed by atoms with E-state index in [0.717, 1.165) is 45.3 Å². The zero-order valence-corrected chi connectivity index (χ0v) is 12.6. The number of ether oxygens (including phenoxy) is 1. The summed E-state index contributed by atoms with van der Waals surface area (Å²) in [7, 11) is 0. The fraction of sp³-hybridized carbons (Fsp3) is 0.529. The molecule has 0 aromatic heterocycles. The third-order valence-electron chi connectivity index (χ3n) is 4.82. The predicted octanol–water partition coefficient (Wildman–Crippen LogP) is 2.27. The van der Waals surface area contributed by atoms with Gasteiger partial charge in [0.1, 0.15) is 5.75 Å². The number of nitrogens with zero attached hydrogens (tertiary/aromatic N) is 2. The van der Waals surface area contributed by atoms with Crippen LogP contribution < -0.4 is 4.74 Å². The molecule has 0 spiro atoms. The predicted molar refractivity (Wildman–Crippen MR) is 80.9 cm³/mol. The molecule has 4 rings (SSSR count). The normalized spacial score (nSPS) is 23.8. The zero-order chi connectivity index (χ0) is 15.1. The van der Waals surface area contributed by atoms with Crippen molar-refractivity contribution in [2.24, 2.45) is 0 Å². The summed E-state index contributed by atoms with van der Waals surface area (Å²) < 4.78 is 5.89. The summed E-state index contributed by atoms with van der Waals surface area (Å²) in [5.41, 5.74) is 1.12. The Morgan fingerprint density at radius 3 is 2.73 bits per heavy atom. The first-order chi connectivity index (χ1) is 10.7. The molecule has 1 atom stereocenters. The molecule has 0 N–H and O–H groups in total. The Balaban J connectivity index is 1.62. The number of hydrogen-bond donors (Lipinski definition) is 0. The standard InChI is InChI=1S/C17H20N2O3/c20-16(18-8-2-1-3-9-18)12-6-7-14-13(11-12)17(21)19-10-4-5-15(19)22-14/h6-7,11,15H,1-5,8-10H2. The van der Waals surface area contributed by atoms with Crippen molar-refractivity contribution >= 4 is 11.8 Å². The molecule has 1 aromatic rings. The van der Waals surface area contributed by atoms with Crippen LogP contribution in [0.2, 0.25) is 0 Å². The van der Waals surface area contributed by atoms with Crippen molar-refractivity contribution in [3.8, 4) is 5.75 Å². The molecule has 5 nitrogen and oxygen atoms in total. The summed E-state index contributed by atoms with van der Waals surface area (Å²) in [4.78, 5) is 28.8. The number of likely N-dealkylation sites (tertiary alicyclic amines) is 1. The molecule has 1 aromatic carbocycles. The Hall–Kier alpha value is -2.04. The van der Waals surface area contributed by atoms with Crippen molar-refractivity contribution in [3.05, 3.63) is 29.3 Å². The number of piperidine rings is 1. The largest absolute Gasteiger partial charge is 0.470 e. The lowest BCUT2D eigenvalue weighted by Gasteiger charge is -2.32. The molecule has 3 heterocycles. The van der Waals surface area contributed by atoms with E-state index >= 15 is 0 Å². The monoisotopic (exact) mass is 300 g/mol. The van der Waals surface area contributed by atoms with Crippen LogP contribution in [-0.4, -0.2) is 47.5 Å². The number of carbonyl (C=O) groups excluding carboxylic acids is 2. The molecule has 1 unspecified atom stereocenters. The Bertz CT molecular complexity index is 622. The molecule has 2 saturated heterocycles. The minimum atomic E-state index is -0.122. The van der Waals surface area contributed by atoms with Gasteiger partial charge >= 0.3 is 0 Å². The molecule has 0 bridgehead atoms. The third-order valence-corrected chi connectivity index (χ3v) is 4.82. The summed E-state index contributed by atoms with van der Waals surface area (Å²) in [5.74, 6) is 0.638. The molecule has 0 radical (unpaired) electrons. The molecule has 2 fully saturated rings. The van der Waals surface area contributed by atoms with Crippen LogP contribution >= 0.6 is 0 Å². The number of benzene rings is 1. The molecule has 5 heteroatoms. The van der Waals surface area contributed by atoms with Crippen molar-refractivity contribution < 1.29 is 14.3 Å². The van der Waals surface area contributed by atoms with Gasteiger partial charge < -0.3 is 14.5 Å². The van der Waals surface area contributed by atoms with Gasteiger partial charge in [0, 0.05) is 31.6 Å². The number of amides is 2. The van der Waals surface area contributed by atoms with Crippen molar-refractivity contribution in [2.75, 3.05) is 19.6 Å². The molecular weight excluding hydrogens is 280 g/mol. The van der Waals surface area contributed by atoms with E-state index < -0.39 is 0 Å². The second-order valence-corrected chi connectivity index (χ2v) is 6.28. The summed E-state index contributed by atoms with van der Waals surface area (Å²) in [5, 5.41) is 0. The number of carbonyl (C=O) groups is 2. The molecule has 0 saturated carbocycles. The van der Waals surface area contributed by atoms with E-state index in [9.17, 15) is 9.59 Å². The van der Waals surface area contributed by atoms with E-state index in [1.54, 1.807) is 23.1 Å². The highest BCUT2D eigenvalue weighted by Crippen LogP contribution is 2.33. The van der Waals surface area contributed by atoms with Crippen LogP contribution in [0.3, 0.4) is 0 Å². The van der Waals surface area contributed by atoms with Crippen LogP contribution in [0.25, 0.3) is 0 Å². The summed E-state index contributed by atoms with van der Waals surface area (Å²) >= 11 is 0. The number of hydrogen-bond acceptors (Lipinski definition) is 3. The molecule has 22 heavy (non-hydrogen) atoms. The van der Waals surface area contributed by atoms with Gasteiger partial charge in [-0.2, -0.15) is 0 Å². The van der Waals surface area contributed by atoms with Crippen LogP contribution in [0.1, 0.15) is 52.8 Å². The Morgan fingerprint density at radius 2 is 1.91 bits per heavy atom. The summed E-state index contributed by atoms with van der Waals surface area (Å²) in [6.07, 6.45) is 5.06. The van der Waals surface area contributed by atoms with Crippen molar-refractivity contribution in [2.45, 2.75) is 38.3 Å². The molecule has 0 aliphatic carbocycles. The van der Waals surface area contributed by atoms with Gasteiger partial charge in [0.05, 0.1) is 5.56 Å². The lowest BCUT2D eigenvalue weighted by molar-refractivity contribution is 0.0294. The minimum Gasteiger partial charge on any atom is -0.470 e. The maximum Gasteiger partial charge on any atom is 0.260 e. The first-order valence-corrected chi connectivity index (χ1v) is 8.15. The van der Waals surface area contributed by atoms with Gasteiger partial charge in [-0.1, -0.05) is 0 Å². The van der Waals surface area contributed by atoms with Crippen molar-refractivity contribution in [1.29, 1.82) is 0 Å². The molecule has 116 valence electrons. The zero-order valence-electron chi connectivity index (χ0n) is 12.6. The van der Waals surface area contributed by atoms with Gasteiger partial charge in [-0.05, 0) is 43.9 Å². The SMILES string of the molecule is O=C(c1ccc2c(c1)C(=O)N1CCCC1O2)N1CCCCC1. The van der Waals surface area contributed by atoms with E-state index in [1.165, 1.54) is 6.42 Å². The van der Waals surface area contributed by atoms with Crippen LogP contribution in [0.4, 0.5) is 0 Å². The molecule has 2 amide bonds.